The first kappa shape index (κ1) is 14.9. The predicted molar refractivity (Wildman–Crippen MR) is 82.0 cm³/mol. The van der Waals surface area contributed by atoms with Gasteiger partial charge >= 0.3 is 0 Å². The molecule has 0 amide bonds. The average Bonchev–Trinajstić information content (AvgIpc) is 2.42. The Morgan fingerprint density at radius 1 is 1.35 bits per heavy atom. The van der Waals surface area contributed by atoms with Crippen molar-refractivity contribution in [3.05, 3.63) is 34.0 Å². The van der Waals surface area contributed by atoms with E-state index in [-0.39, 0.29) is 0 Å². The minimum atomic E-state index is 0.308. The lowest BCUT2D eigenvalue weighted by molar-refractivity contribution is 0.369. The molecule has 0 spiro atoms. The van der Waals surface area contributed by atoms with E-state index in [9.17, 15) is 0 Å². The number of hydrogen-bond acceptors (Lipinski definition) is 5. The molecule has 1 N–H and O–H groups in total. The minimum absolute atomic E-state index is 0.308. The molecule has 0 fully saturated rings. The molecule has 0 unspecified atom stereocenters. The van der Waals surface area contributed by atoms with Crippen molar-refractivity contribution < 1.29 is 9.47 Å². The highest BCUT2D eigenvalue weighted by atomic mass is 79.9. The van der Waals surface area contributed by atoms with Crippen molar-refractivity contribution in [2.24, 2.45) is 0 Å². The molecule has 5 nitrogen and oxygen atoms in total. The molecule has 2 aromatic rings. The quantitative estimate of drug-likeness (QED) is 0.871. The van der Waals surface area contributed by atoms with Gasteiger partial charge in [0.15, 0.2) is 5.82 Å². The van der Waals surface area contributed by atoms with Crippen LogP contribution in [0.3, 0.4) is 0 Å². The third-order valence-corrected chi connectivity index (χ3v) is 3.21. The van der Waals surface area contributed by atoms with Gasteiger partial charge in [0.2, 0.25) is 5.75 Å². The molecule has 0 atom stereocenters. The highest BCUT2D eigenvalue weighted by molar-refractivity contribution is 9.10. The topological polar surface area (TPSA) is 56.3 Å². The zero-order valence-electron chi connectivity index (χ0n) is 11.0. The molecule has 0 saturated carbocycles. The van der Waals surface area contributed by atoms with Gasteiger partial charge in [-0.2, -0.15) is 4.98 Å². The first-order valence-electron chi connectivity index (χ1n) is 5.91. The zero-order valence-corrected chi connectivity index (χ0v) is 13.3. The maximum atomic E-state index is 6.12. The van der Waals surface area contributed by atoms with Gasteiger partial charge in [0, 0.05) is 11.0 Å². The Kier molecular flexibility index (Phi) is 5.03. The second-order valence-corrected chi connectivity index (χ2v) is 5.09. The van der Waals surface area contributed by atoms with Crippen LogP contribution in [0.4, 0.5) is 5.82 Å². The Morgan fingerprint density at radius 2 is 2.15 bits per heavy atom. The van der Waals surface area contributed by atoms with E-state index in [1.165, 1.54) is 13.4 Å². The van der Waals surface area contributed by atoms with Gasteiger partial charge in [0.05, 0.1) is 12.1 Å². The van der Waals surface area contributed by atoms with Crippen LogP contribution in [0, 0.1) is 0 Å². The van der Waals surface area contributed by atoms with Gasteiger partial charge < -0.3 is 14.8 Å². The lowest BCUT2D eigenvalue weighted by atomic mass is 10.3. The van der Waals surface area contributed by atoms with E-state index in [1.807, 2.05) is 13.0 Å². The lowest BCUT2D eigenvalue weighted by Gasteiger charge is -2.13. The van der Waals surface area contributed by atoms with Gasteiger partial charge in [0.25, 0.3) is 5.88 Å². The van der Waals surface area contributed by atoms with Gasteiger partial charge in [-0.05, 0) is 25.1 Å². The minimum Gasteiger partial charge on any atom is -0.489 e. The van der Waals surface area contributed by atoms with Gasteiger partial charge in [-0.25, -0.2) is 4.98 Å². The number of nitrogens with zero attached hydrogens (tertiary/aromatic N) is 2. The summed E-state index contributed by atoms with van der Waals surface area (Å²) >= 11 is 9.46. The molecule has 7 heteroatoms. The summed E-state index contributed by atoms with van der Waals surface area (Å²) in [6, 6.07) is 5.33. The number of ether oxygens (including phenoxy) is 2. The van der Waals surface area contributed by atoms with Gasteiger partial charge in [-0.3, -0.25) is 0 Å². The Balaban J connectivity index is 2.35. The van der Waals surface area contributed by atoms with Crippen LogP contribution in [-0.2, 0) is 0 Å². The largest absolute Gasteiger partial charge is 0.489 e. The molecule has 1 aromatic heterocycles. The highest BCUT2D eigenvalue weighted by Gasteiger charge is 2.15. The average molecular weight is 359 g/mol. The summed E-state index contributed by atoms with van der Waals surface area (Å²) in [4.78, 5) is 8.19. The number of halogens is 2. The van der Waals surface area contributed by atoms with Gasteiger partial charge in [-0.15, -0.1) is 0 Å². The maximum Gasteiger partial charge on any atom is 0.268 e. The molecule has 0 radical (unpaired) electrons. The molecule has 0 bridgehead atoms. The molecular formula is C13H13BrClN3O2. The van der Waals surface area contributed by atoms with E-state index in [4.69, 9.17) is 21.1 Å². The van der Waals surface area contributed by atoms with Crippen molar-refractivity contribution in [3.8, 4) is 17.4 Å². The Hall–Kier alpha value is -1.53. The third-order valence-electron chi connectivity index (χ3n) is 2.42. The summed E-state index contributed by atoms with van der Waals surface area (Å²) in [5.74, 6) is 1.82. The maximum absolute atomic E-state index is 6.12. The van der Waals surface area contributed by atoms with Gasteiger partial charge in [0.1, 0.15) is 12.1 Å². The summed E-state index contributed by atoms with van der Waals surface area (Å²) in [5.41, 5.74) is 0. The number of aromatic nitrogens is 2. The van der Waals surface area contributed by atoms with Crippen LogP contribution in [0.5, 0.6) is 17.4 Å². The van der Waals surface area contributed by atoms with E-state index in [1.54, 1.807) is 12.1 Å². The predicted octanol–water partition coefficient (Wildman–Crippen LogP) is 4.13. The van der Waals surface area contributed by atoms with Crippen LogP contribution in [-0.4, -0.2) is 23.6 Å². The van der Waals surface area contributed by atoms with Crippen molar-refractivity contribution >= 4 is 33.3 Å². The normalized spacial score (nSPS) is 10.2. The summed E-state index contributed by atoms with van der Waals surface area (Å²) in [6.07, 6.45) is 1.41. The molecule has 0 aliphatic carbocycles. The van der Waals surface area contributed by atoms with E-state index in [0.717, 1.165) is 4.47 Å². The van der Waals surface area contributed by atoms with Crippen LogP contribution in [0.15, 0.2) is 29.0 Å². The van der Waals surface area contributed by atoms with E-state index in [2.05, 4.69) is 31.2 Å². The van der Waals surface area contributed by atoms with E-state index >= 15 is 0 Å². The Labute approximate surface area is 130 Å². The van der Waals surface area contributed by atoms with E-state index in [0.29, 0.717) is 34.8 Å². The fraction of sp³-hybridized carbons (Fsp3) is 0.231. The molecule has 0 aliphatic heterocycles. The molecule has 106 valence electrons. The molecular weight excluding hydrogens is 346 g/mol. The van der Waals surface area contributed by atoms with Crippen molar-refractivity contribution in [1.82, 2.24) is 9.97 Å². The summed E-state index contributed by atoms with van der Waals surface area (Å²) < 4.78 is 11.9. The number of rotatable bonds is 5. The van der Waals surface area contributed by atoms with Crippen LogP contribution in [0.2, 0.25) is 5.02 Å². The van der Waals surface area contributed by atoms with Crippen molar-refractivity contribution in [1.29, 1.82) is 0 Å². The standard InChI is InChI=1S/C13H13BrClN3O2/c1-3-16-12-11(19-2)13(18-7-17-12)20-10-5-4-8(14)6-9(10)15/h4-7H,3H2,1-2H3,(H,16,17,18). The van der Waals surface area contributed by atoms with Crippen LogP contribution in [0.25, 0.3) is 0 Å². The monoisotopic (exact) mass is 357 g/mol. The van der Waals surface area contributed by atoms with Crippen LogP contribution < -0.4 is 14.8 Å². The van der Waals surface area contributed by atoms with Crippen molar-refractivity contribution in [3.63, 3.8) is 0 Å². The fourth-order valence-corrected chi connectivity index (χ4v) is 2.28. The summed E-state index contributed by atoms with van der Waals surface area (Å²) in [5, 5.41) is 3.56. The second kappa shape index (κ2) is 6.76. The molecule has 0 aliphatic rings. The number of methoxy groups -OCH3 is 1. The summed E-state index contributed by atoms with van der Waals surface area (Å²) in [7, 11) is 1.54. The van der Waals surface area contributed by atoms with Crippen molar-refractivity contribution in [2.75, 3.05) is 19.0 Å². The Morgan fingerprint density at radius 3 is 2.80 bits per heavy atom. The number of benzene rings is 1. The molecule has 20 heavy (non-hydrogen) atoms. The molecule has 1 heterocycles. The highest BCUT2D eigenvalue weighted by Crippen LogP contribution is 2.37. The molecule has 0 saturated heterocycles. The number of hydrogen-bond donors (Lipinski definition) is 1. The lowest BCUT2D eigenvalue weighted by Crippen LogP contribution is -2.04. The van der Waals surface area contributed by atoms with Gasteiger partial charge in [-0.1, -0.05) is 27.5 Å². The first-order valence-corrected chi connectivity index (χ1v) is 7.08. The van der Waals surface area contributed by atoms with Crippen molar-refractivity contribution in [2.45, 2.75) is 6.92 Å². The zero-order chi connectivity index (χ0) is 14.5. The van der Waals surface area contributed by atoms with Crippen LogP contribution in [0.1, 0.15) is 6.92 Å². The smallest absolute Gasteiger partial charge is 0.268 e. The number of anilines is 1. The fourth-order valence-electron chi connectivity index (χ4n) is 1.57. The van der Waals surface area contributed by atoms with Crippen LogP contribution >= 0.6 is 27.5 Å². The second-order valence-electron chi connectivity index (χ2n) is 3.77. The SMILES string of the molecule is CCNc1ncnc(Oc2ccc(Br)cc2Cl)c1OC. The number of nitrogens with one attached hydrogen (secondary N) is 1. The van der Waals surface area contributed by atoms with E-state index < -0.39 is 0 Å². The first-order chi connectivity index (χ1) is 9.65. The Bertz CT molecular complexity index is 610. The third kappa shape index (κ3) is 3.32. The summed E-state index contributed by atoms with van der Waals surface area (Å²) in [6.45, 7) is 2.68. The molecule has 1 aromatic carbocycles. The molecule has 2 rings (SSSR count).